The number of hydrogen-bond acceptors (Lipinski definition) is 9. The number of aryl methyl sites for hydroxylation is 1. The molecule has 19 heteroatoms. The molecular weight excluding hydrogens is 689 g/mol. The molecule has 0 unspecified atom stereocenters. The zero-order valence-electron chi connectivity index (χ0n) is 25.2. The third-order valence-electron chi connectivity index (χ3n) is 5.12. The number of anilines is 2. The second-order valence-electron chi connectivity index (χ2n) is 8.25. The number of rotatable bonds is 17. The van der Waals surface area contributed by atoms with Crippen molar-refractivity contribution in [3.63, 3.8) is 0 Å². The topological polar surface area (TPSA) is 228 Å². The van der Waals surface area contributed by atoms with E-state index in [0.29, 0.717) is 6.21 Å². The van der Waals surface area contributed by atoms with E-state index >= 15 is 0 Å². The van der Waals surface area contributed by atoms with Gasteiger partial charge >= 0.3 is 30.1 Å². The van der Waals surface area contributed by atoms with Gasteiger partial charge in [0.25, 0.3) is 5.78 Å². The smallest absolute Gasteiger partial charge is 0.328 e. The second kappa shape index (κ2) is 26.0. The Labute approximate surface area is 422 Å². The van der Waals surface area contributed by atoms with Crippen molar-refractivity contribution < 1.29 is 58.7 Å². The number of carbonyl (C=O) groups is 5. The molecule has 0 saturated heterocycles. The standard InChI is InChI=1S/C25H26N4O11.4K/c1-15-2-4-17(28(11-22(31)32)12-23(33)34)20(8-15)39-6-7-40-21-9-16(19(30)10-27-26)3-5-18(21)29(13-24(35)36)14-25(37)38;;;;/h2-5,8-10H,6-7,11-14H2,1H3,(H,31,32)(H,33,34)(H,35,36)(H,37,38);;;;. The van der Waals surface area contributed by atoms with Gasteiger partial charge in [0, 0.05) is 211 Å². The Hall–Kier alpha value is 1.12. The molecule has 2 aromatic rings. The maximum atomic E-state index is 12.2. The van der Waals surface area contributed by atoms with E-state index in [4.69, 9.17) is 15.0 Å². The third-order valence-corrected chi connectivity index (χ3v) is 5.12. The maximum Gasteiger partial charge on any atom is 0.328 e. The van der Waals surface area contributed by atoms with Crippen LogP contribution in [0.15, 0.2) is 36.4 Å². The molecule has 0 atom stereocenters. The average Bonchev–Trinajstić information content (AvgIpc) is 2.85. The van der Waals surface area contributed by atoms with Crippen LogP contribution in [0, 0.1) is 6.92 Å². The maximum absolute atomic E-state index is 12.2. The molecule has 0 fully saturated rings. The van der Waals surface area contributed by atoms with Crippen LogP contribution in [0.1, 0.15) is 15.9 Å². The molecule has 0 spiro atoms. The first-order valence-corrected chi connectivity index (χ1v) is 11.5. The average molecular weight is 715 g/mol. The van der Waals surface area contributed by atoms with Crippen molar-refractivity contribution in [3.8, 4) is 11.5 Å². The molecule has 4 radical (unpaired) electrons. The first kappa shape index (κ1) is 49.5. The van der Waals surface area contributed by atoms with E-state index in [2.05, 4.69) is 4.79 Å². The second-order valence-corrected chi connectivity index (χ2v) is 8.25. The van der Waals surface area contributed by atoms with Crippen molar-refractivity contribution >= 4 is 253 Å². The van der Waals surface area contributed by atoms with E-state index in [-0.39, 0.29) is 247 Å². The molecule has 44 heavy (non-hydrogen) atoms. The van der Waals surface area contributed by atoms with Crippen molar-refractivity contribution in [1.29, 1.82) is 0 Å². The zero-order valence-corrected chi connectivity index (χ0v) is 37.7. The molecule has 15 nitrogen and oxygen atoms in total. The van der Waals surface area contributed by atoms with E-state index < -0.39 is 55.8 Å². The number of carboxylic acid groups (broad SMARTS) is 4. The van der Waals surface area contributed by atoms with Crippen LogP contribution in [0.25, 0.3) is 5.53 Å². The fourth-order valence-electron chi connectivity index (χ4n) is 3.58. The Balaban J connectivity index is -0.00000420. The Morgan fingerprint density at radius 3 is 1.48 bits per heavy atom. The minimum Gasteiger partial charge on any atom is -0.488 e. The van der Waals surface area contributed by atoms with Crippen LogP contribution in [0.4, 0.5) is 11.4 Å². The van der Waals surface area contributed by atoms with Gasteiger partial charge in [-0.3, -0.25) is 24.0 Å². The van der Waals surface area contributed by atoms with Gasteiger partial charge in [-0.05, 0) is 42.8 Å². The van der Waals surface area contributed by atoms with Gasteiger partial charge in [0.15, 0.2) is 0 Å². The summed E-state index contributed by atoms with van der Waals surface area (Å²) in [7, 11) is 0. The monoisotopic (exact) mass is 714 g/mol. The summed E-state index contributed by atoms with van der Waals surface area (Å²) in [5, 5.41) is 36.9. The van der Waals surface area contributed by atoms with Gasteiger partial charge < -0.3 is 45.2 Å². The van der Waals surface area contributed by atoms with Gasteiger partial charge in [0.1, 0.15) is 50.9 Å². The van der Waals surface area contributed by atoms with Crippen LogP contribution in [0.5, 0.6) is 11.5 Å². The summed E-state index contributed by atoms with van der Waals surface area (Å²) in [5.74, 6) is -5.74. The minimum atomic E-state index is -1.32. The zero-order chi connectivity index (χ0) is 29.8. The minimum absolute atomic E-state index is 0. The molecule has 0 aliphatic rings. The van der Waals surface area contributed by atoms with Crippen molar-refractivity contribution in [1.82, 2.24) is 0 Å². The van der Waals surface area contributed by atoms with E-state index in [1.807, 2.05) is 0 Å². The van der Waals surface area contributed by atoms with Gasteiger partial charge in [-0.2, -0.15) is 4.79 Å². The fourth-order valence-corrected chi connectivity index (χ4v) is 3.58. The number of aliphatic carboxylic acids is 4. The number of nitrogens with zero attached hydrogens (tertiary/aromatic N) is 4. The van der Waals surface area contributed by atoms with Crippen molar-refractivity contribution in [2.75, 3.05) is 49.2 Å². The van der Waals surface area contributed by atoms with Gasteiger partial charge in [-0.1, -0.05) is 6.07 Å². The SMILES string of the molecule is Cc1ccc(N(CC(=O)O)CC(=O)O)c(OCCOc2cc(C(=O)C=[N+]=[N-])ccc2N(CC(=O)O)CC(=O)O)c1.[K].[K].[K].[K]. The predicted octanol–water partition coefficient (Wildman–Crippen LogP) is -0.636. The van der Waals surface area contributed by atoms with E-state index in [1.165, 1.54) is 24.3 Å². The van der Waals surface area contributed by atoms with E-state index in [0.717, 1.165) is 15.4 Å². The Morgan fingerprint density at radius 2 is 1.09 bits per heavy atom. The summed E-state index contributed by atoms with van der Waals surface area (Å²) in [6.07, 6.45) is 0.632. The molecule has 0 amide bonds. The molecule has 4 N–H and O–H groups in total. The van der Waals surface area contributed by atoms with Gasteiger partial charge in [-0.25, -0.2) is 0 Å². The molecule has 0 bridgehead atoms. The van der Waals surface area contributed by atoms with Crippen LogP contribution >= 0.6 is 0 Å². The summed E-state index contributed by atoms with van der Waals surface area (Å²) in [5.41, 5.74) is 9.66. The van der Waals surface area contributed by atoms with Crippen LogP contribution in [-0.2, 0) is 19.2 Å². The van der Waals surface area contributed by atoms with Crippen LogP contribution in [0.2, 0.25) is 0 Å². The van der Waals surface area contributed by atoms with Crippen molar-refractivity contribution in [2.45, 2.75) is 6.92 Å². The Morgan fingerprint density at radius 1 is 0.705 bits per heavy atom. The predicted molar refractivity (Wildman–Crippen MR) is 161 cm³/mol. The van der Waals surface area contributed by atoms with Gasteiger partial charge in [0.2, 0.25) is 0 Å². The first-order chi connectivity index (χ1) is 18.9. The molecule has 0 heterocycles. The Kier molecular flexibility index (Phi) is 29.3. The molecule has 0 saturated carbocycles. The largest absolute Gasteiger partial charge is 0.488 e. The van der Waals surface area contributed by atoms with E-state index in [9.17, 15) is 44.4 Å². The number of carbonyl (C=O) groups excluding carboxylic acids is 1. The summed E-state index contributed by atoms with van der Waals surface area (Å²) in [6, 6.07) is 8.52. The van der Waals surface area contributed by atoms with E-state index in [1.54, 1.807) is 19.1 Å². The number of Topliss-reactive ketones (excluding diaryl/α,β-unsaturated/α-hetero) is 1. The molecular formula is C25H26K4N4O11. The fraction of sp³-hybridized carbons (Fsp3) is 0.280. The molecule has 0 aliphatic carbocycles. The number of ether oxygens (including phenoxy) is 2. The number of benzene rings is 2. The Bertz CT molecular complexity index is 1330. The summed E-state index contributed by atoms with van der Waals surface area (Å²) in [6.45, 7) is -1.23. The van der Waals surface area contributed by atoms with Crippen LogP contribution in [0.3, 0.4) is 0 Å². The molecule has 2 rings (SSSR count). The van der Waals surface area contributed by atoms with Crippen molar-refractivity contribution in [2.24, 2.45) is 0 Å². The summed E-state index contributed by atoms with van der Waals surface area (Å²) < 4.78 is 11.5. The normalized spacial score (nSPS) is 9.20. The molecule has 0 aromatic heterocycles. The number of ketones is 1. The van der Waals surface area contributed by atoms with Crippen LogP contribution in [-0.4, -0.2) is 306 Å². The number of carboxylic acids is 4. The van der Waals surface area contributed by atoms with Gasteiger partial charge in [0.05, 0.1) is 11.4 Å². The first-order valence-electron chi connectivity index (χ1n) is 11.5. The quantitative estimate of drug-likeness (QED) is 0.0400. The molecule has 0 aliphatic heterocycles. The molecule has 216 valence electrons. The third kappa shape index (κ3) is 18.0. The van der Waals surface area contributed by atoms with Gasteiger partial charge in [-0.15, -0.1) is 0 Å². The summed E-state index contributed by atoms with van der Waals surface area (Å²) in [4.78, 5) is 62.2. The van der Waals surface area contributed by atoms with Crippen molar-refractivity contribution in [3.05, 3.63) is 53.1 Å². The van der Waals surface area contributed by atoms with Crippen LogP contribution < -0.4 is 19.3 Å². The summed E-state index contributed by atoms with van der Waals surface area (Å²) >= 11 is 0. The molecule has 2 aromatic carbocycles. The number of hydrogen-bond donors (Lipinski definition) is 4.